The zero-order chi connectivity index (χ0) is 14.1. The lowest BCUT2D eigenvalue weighted by molar-refractivity contribution is 0.415. The van der Waals surface area contributed by atoms with Crippen molar-refractivity contribution in [3.05, 3.63) is 58.0 Å². The molecule has 0 bridgehead atoms. The first-order valence-corrected chi connectivity index (χ1v) is 7.30. The lowest BCUT2D eigenvalue weighted by atomic mass is 10.0. The van der Waals surface area contributed by atoms with E-state index in [2.05, 4.69) is 29.2 Å². The second-order valence-corrected chi connectivity index (χ2v) is 5.67. The number of aryl methyl sites for hydroxylation is 1. The van der Waals surface area contributed by atoms with Crippen LogP contribution in [0.5, 0.6) is 5.75 Å². The average Bonchev–Trinajstić information content (AvgIpc) is 2.92. The molecule has 1 unspecified atom stereocenters. The number of fused-ring (bicyclic) bond motifs is 1. The third kappa shape index (κ3) is 2.40. The summed E-state index contributed by atoms with van der Waals surface area (Å²) >= 11 is 1.61. The molecule has 0 fully saturated rings. The van der Waals surface area contributed by atoms with Crippen molar-refractivity contribution in [1.29, 1.82) is 0 Å². The van der Waals surface area contributed by atoms with Crippen LogP contribution in [0.25, 0.3) is 10.8 Å². The van der Waals surface area contributed by atoms with Crippen LogP contribution < -0.4 is 10.5 Å². The molecule has 0 aliphatic rings. The van der Waals surface area contributed by atoms with Gasteiger partial charge in [-0.25, -0.2) is 4.98 Å². The lowest BCUT2D eigenvalue weighted by Gasteiger charge is -2.10. The van der Waals surface area contributed by atoms with E-state index < -0.39 is 0 Å². The molecule has 102 valence electrons. The van der Waals surface area contributed by atoms with E-state index in [0.29, 0.717) is 0 Å². The fraction of sp³-hybridized carbons (Fsp3) is 0.188. The van der Waals surface area contributed by atoms with Crippen LogP contribution in [0.2, 0.25) is 0 Å². The van der Waals surface area contributed by atoms with Gasteiger partial charge in [0.15, 0.2) is 0 Å². The van der Waals surface area contributed by atoms with Crippen molar-refractivity contribution >= 4 is 22.1 Å². The van der Waals surface area contributed by atoms with Crippen LogP contribution >= 0.6 is 11.3 Å². The molecule has 0 aliphatic carbocycles. The first kappa shape index (κ1) is 13.1. The fourth-order valence-corrected chi connectivity index (χ4v) is 3.04. The molecule has 1 aromatic heterocycles. The van der Waals surface area contributed by atoms with Crippen LogP contribution in [0.1, 0.15) is 22.3 Å². The molecule has 0 amide bonds. The molecular formula is C16H16N2OS. The zero-order valence-electron chi connectivity index (χ0n) is 11.5. The Morgan fingerprint density at radius 1 is 1.15 bits per heavy atom. The Balaban J connectivity index is 2.00. The fourth-order valence-electron chi connectivity index (χ4n) is 2.22. The smallest absolute Gasteiger partial charge is 0.119 e. The number of thiazole rings is 1. The lowest BCUT2D eigenvalue weighted by Crippen LogP contribution is -2.11. The molecule has 0 spiro atoms. The monoisotopic (exact) mass is 284 g/mol. The van der Waals surface area contributed by atoms with Crippen molar-refractivity contribution in [2.24, 2.45) is 5.73 Å². The molecule has 3 nitrogen and oxygen atoms in total. The quantitative estimate of drug-likeness (QED) is 0.798. The van der Waals surface area contributed by atoms with E-state index in [-0.39, 0.29) is 6.04 Å². The Labute approximate surface area is 122 Å². The van der Waals surface area contributed by atoms with Gasteiger partial charge < -0.3 is 10.5 Å². The molecule has 2 aromatic carbocycles. The summed E-state index contributed by atoms with van der Waals surface area (Å²) in [6, 6.07) is 12.1. The Kier molecular flexibility index (Phi) is 3.42. The number of ether oxygens (including phenoxy) is 1. The molecule has 20 heavy (non-hydrogen) atoms. The number of nitrogens with two attached hydrogens (primary N) is 1. The standard InChI is InChI=1S/C16H16N2OS/c1-10-9-20-16(18-10)15(17)13-4-3-12-8-14(19-2)6-5-11(12)7-13/h3-9,15H,17H2,1-2H3. The van der Waals surface area contributed by atoms with Crippen molar-refractivity contribution in [2.75, 3.05) is 7.11 Å². The largest absolute Gasteiger partial charge is 0.497 e. The van der Waals surface area contributed by atoms with Crippen LogP contribution in [0, 0.1) is 6.92 Å². The molecular weight excluding hydrogens is 268 g/mol. The molecule has 2 N–H and O–H groups in total. The van der Waals surface area contributed by atoms with Gasteiger partial charge in [-0.3, -0.25) is 0 Å². The Hall–Kier alpha value is -1.91. The maximum atomic E-state index is 6.30. The molecule has 4 heteroatoms. The summed E-state index contributed by atoms with van der Waals surface area (Å²) in [6.07, 6.45) is 0. The van der Waals surface area contributed by atoms with E-state index in [1.54, 1.807) is 18.4 Å². The number of rotatable bonds is 3. The molecule has 1 atom stereocenters. The average molecular weight is 284 g/mol. The predicted octanol–water partition coefficient (Wildman–Crippen LogP) is 3.66. The number of methoxy groups -OCH3 is 1. The zero-order valence-corrected chi connectivity index (χ0v) is 12.3. The van der Waals surface area contributed by atoms with E-state index in [1.807, 2.05) is 24.4 Å². The highest BCUT2D eigenvalue weighted by molar-refractivity contribution is 7.09. The number of benzene rings is 2. The Morgan fingerprint density at radius 3 is 2.60 bits per heavy atom. The highest BCUT2D eigenvalue weighted by Gasteiger charge is 2.13. The summed E-state index contributed by atoms with van der Waals surface area (Å²) in [5.74, 6) is 0.866. The van der Waals surface area contributed by atoms with E-state index >= 15 is 0 Å². The minimum Gasteiger partial charge on any atom is -0.497 e. The number of hydrogen-bond acceptors (Lipinski definition) is 4. The van der Waals surface area contributed by atoms with Gasteiger partial charge in [0.05, 0.1) is 13.2 Å². The molecule has 1 heterocycles. The second-order valence-electron chi connectivity index (χ2n) is 4.78. The first-order chi connectivity index (χ1) is 9.67. The molecule has 3 aromatic rings. The van der Waals surface area contributed by atoms with Gasteiger partial charge in [-0.15, -0.1) is 11.3 Å². The normalized spacial score (nSPS) is 12.6. The number of nitrogens with zero attached hydrogens (tertiary/aromatic N) is 1. The van der Waals surface area contributed by atoms with Crippen molar-refractivity contribution in [2.45, 2.75) is 13.0 Å². The van der Waals surface area contributed by atoms with Crippen molar-refractivity contribution in [3.8, 4) is 5.75 Å². The molecule has 3 rings (SSSR count). The minimum absolute atomic E-state index is 0.166. The van der Waals surface area contributed by atoms with Crippen LogP contribution in [0.3, 0.4) is 0 Å². The summed E-state index contributed by atoms with van der Waals surface area (Å²) in [5.41, 5.74) is 8.40. The van der Waals surface area contributed by atoms with Crippen molar-refractivity contribution in [1.82, 2.24) is 4.98 Å². The summed E-state index contributed by atoms with van der Waals surface area (Å²) in [4.78, 5) is 4.47. The van der Waals surface area contributed by atoms with Gasteiger partial charge in [-0.05, 0) is 41.5 Å². The molecule has 0 aliphatic heterocycles. The van der Waals surface area contributed by atoms with Crippen molar-refractivity contribution < 1.29 is 4.74 Å². The first-order valence-electron chi connectivity index (χ1n) is 6.42. The van der Waals surface area contributed by atoms with Crippen LogP contribution in [0.4, 0.5) is 0 Å². The van der Waals surface area contributed by atoms with E-state index in [4.69, 9.17) is 10.5 Å². The maximum absolute atomic E-state index is 6.30. The molecule has 0 radical (unpaired) electrons. The van der Waals surface area contributed by atoms with Gasteiger partial charge in [-0.1, -0.05) is 18.2 Å². The topological polar surface area (TPSA) is 48.1 Å². The van der Waals surface area contributed by atoms with Crippen LogP contribution in [-0.2, 0) is 0 Å². The second kappa shape index (κ2) is 5.23. The summed E-state index contributed by atoms with van der Waals surface area (Å²) in [6.45, 7) is 1.99. The van der Waals surface area contributed by atoms with E-state index in [0.717, 1.165) is 32.8 Å². The van der Waals surface area contributed by atoms with Gasteiger partial charge in [0.1, 0.15) is 10.8 Å². The van der Waals surface area contributed by atoms with Gasteiger partial charge in [0.25, 0.3) is 0 Å². The molecule has 0 saturated carbocycles. The van der Waals surface area contributed by atoms with Gasteiger partial charge in [0.2, 0.25) is 0 Å². The van der Waals surface area contributed by atoms with Crippen LogP contribution in [0.15, 0.2) is 41.8 Å². The number of hydrogen-bond donors (Lipinski definition) is 1. The summed E-state index contributed by atoms with van der Waals surface area (Å²) in [7, 11) is 1.68. The third-order valence-corrected chi connectivity index (χ3v) is 4.38. The minimum atomic E-state index is -0.166. The maximum Gasteiger partial charge on any atom is 0.119 e. The summed E-state index contributed by atoms with van der Waals surface area (Å²) < 4.78 is 5.24. The molecule has 0 saturated heterocycles. The Morgan fingerprint density at radius 2 is 1.90 bits per heavy atom. The van der Waals surface area contributed by atoms with Gasteiger partial charge in [-0.2, -0.15) is 0 Å². The summed E-state index contributed by atoms with van der Waals surface area (Å²) in [5, 5.41) is 5.29. The van der Waals surface area contributed by atoms with Gasteiger partial charge in [0, 0.05) is 11.1 Å². The highest BCUT2D eigenvalue weighted by atomic mass is 32.1. The highest BCUT2D eigenvalue weighted by Crippen LogP contribution is 2.27. The van der Waals surface area contributed by atoms with E-state index in [9.17, 15) is 0 Å². The third-order valence-electron chi connectivity index (χ3n) is 3.33. The number of aromatic nitrogens is 1. The van der Waals surface area contributed by atoms with Crippen molar-refractivity contribution in [3.63, 3.8) is 0 Å². The predicted molar refractivity (Wildman–Crippen MR) is 83.4 cm³/mol. The Bertz CT molecular complexity index is 751. The van der Waals surface area contributed by atoms with E-state index in [1.165, 1.54) is 0 Å². The van der Waals surface area contributed by atoms with Gasteiger partial charge >= 0.3 is 0 Å². The van der Waals surface area contributed by atoms with Crippen LogP contribution in [-0.4, -0.2) is 12.1 Å². The SMILES string of the molecule is COc1ccc2cc(C(N)c3nc(C)cs3)ccc2c1.